The van der Waals surface area contributed by atoms with Crippen LogP contribution in [0.3, 0.4) is 0 Å². The number of fused-ring (bicyclic) bond motifs is 2. The number of aryl methyl sites for hydroxylation is 1. The van der Waals surface area contributed by atoms with Crippen molar-refractivity contribution in [2.45, 2.75) is 32.7 Å². The summed E-state index contributed by atoms with van der Waals surface area (Å²) in [5, 5.41) is 2.96. The van der Waals surface area contributed by atoms with Gasteiger partial charge in [-0.3, -0.25) is 9.78 Å². The zero-order valence-corrected chi connectivity index (χ0v) is 16.3. The maximum Gasteiger partial charge on any atom is 0.227 e. The minimum atomic E-state index is -0.874. The molecular formula is C22H22F2N4O. The van der Waals surface area contributed by atoms with Crippen molar-refractivity contribution in [1.82, 2.24) is 14.5 Å². The highest BCUT2D eigenvalue weighted by Gasteiger charge is 2.59. The van der Waals surface area contributed by atoms with Crippen molar-refractivity contribution in [3.63, 3.8) is 0 Å². The highest BCUT2D eigenvalue weighted by Crippen LogP contribution is 2.64. The molecule has 5 nitrogen and oxygen atoms in total. The monoisotopic (exact) mass is 396 g/mol. The first-order valence-corrected chi connectivity index (χ1v) is 9.97. The lowest BCUT2D eigenvalue weighted by Crippen LogP contribution is -2.24. The molecule has 2 aliphatic carbocycles. The van der Waals surface area contributed by atoms with E-state index in [2.05, 4.69) is 15.3 Å². The summed E-state index contributed by atoms with van der Waals surface area (Å²) < 4.78 is 29.1. The van der Waals surface area contributed by atoms with Gasteiger partial charge in [-0.05, 0) is 49.7 Å². The van der Waals surface area contributed by atoms with Gasteiger partial charge in [0.05, 0.1) is 29.2 Å². The number of amides is 1. The predicted molar refractivity (Wildman–Crippen MR) is 105 cm³/mol. The number of benzene rings is 1. The minimum absolute atomic E-state index is 0.0252. The topological polar surface area (TPSA) is 59.8 Å². The highest BCUT2D eigenvalue weighted by molar-refractivity contribution is 5.92. The summed E-state index contributed by atoms with van der Waals surface area (Å²) >= 11 is 0. The Hall–Kier alpha value is -2.83. The fraction of sp³-hybridized carbons (Fsp3) is 0.409. The first kappa shape index (κ1) is 18.2. The van der Waals surface area contributed by atoms with Gasteiger partial charge in [0.2, 0.25) is 5.91 Å². The van der Waals surface area contributed by atoms with Gasteiger partial charge in [-0.2, -0.15) is 0 Å². The Morgan fingerprint density at radius 2 is 1.90 bits per heavy atom. The highest BCUT2D eigenvalue weighted by atomic mass is 19.2. The van der Waals surface area contributed by atoms with Crippen LogP contribution in [-0.4, -0.2) is 20.4 Å². The molecule has 0 radical (unpaired) electrons. The van der Waals surface area contributed by atoms with Crippen molar-refractivity contribution in [2.24, 2.45) is 23.7 Å². The Labute approximate surface area is 167 Å². The van der Waals surface area contributed by atoms with Crippen LogP contribution in [0.4, 0.5) is 14.5 Å². The zero-order chi connectivity index (χ0) is 20.3. The Morgan fingerprint density at radius 1 is 1.17 bits per heavy atom. The SMILES string of the molecule is Cc1ccc(NC(=O)C(C)C2[C@H]3CC(n4cnc5cc(F)c(F)cc54)C[C@@H]23)cn1. The molecule has 1 amide bonds. The molecule has 0 bridgehead atoms. The predicted octanol–water partition coefficient (Wildman–Crippen LogP) is 4.49. The van der Waals surface area contributed by atoms with Crippen LogP contribution in [-0.2, 0) is 4.79 Å². The molecule has 2 aromatic heterocycles. The van der Waals surface area contributed by atoms with Crippen molar-refractivity contribution >= 4 is 22.6 Å². The number of nitrogens with one attached hydrogen (secondary N) is 1. The molecule has 150 valence electrons. The van der Waals surface area contributed by atoms with Gasteiger partial charge in [0, 0.05) is 29.8 Å². The molecule has 0 aliphatic heterocycles. The number of carbonyl (C=O) groups is 1. The smallest absolute Gasteiger partial charge is 0.227 e. The molecule has 5 atom stereocenters. The van der Waals surface area contributed by atoms with E-state index in [1.54, 1.807) is 12.5 Å². The number of pyridine rings is 1. The lowest BCUT2D eigenvalue weighted by atomic mass is 9.96. The Kier molecular flexibility index (Phi) is 4.15. The molecule has 2 aliphatic rings. The van der Waals surface area contributed by atoms with E-state index >= 15 is 0 Å². The van der Waals surface area contributed by atoms with Gasteiger partial charge < -0.3 is 9.88 Å². The molecule has 2 saturated carbocycles. The molecule has 2 fully saturated rings. The number of nitrogens with zero attached hydrogens (tertiary/aromatic N) is 3. The van der Waals surface area contributed by atoms with E-state index in [1.807, 2.05) is 30.5 Å². The number of anilines is 1. The van der Waals surface area contributed by atoms with Crippen molar-refractivity contribution in [2.75, 3.05) is 5.32 Å². The van der Waals surface area contributed by atoms with E-state index in [4.69, 9.17) is 0 Å². The Morgan fingerprint density at radius 3 is 2.59 bits per heavy atom. The van der Waals surface area contributed by atoms with Crippen LogP contribution >= 0.6 is 0 Å². The second-order valence-electron chi connectivity index (χ2n) is 8.40. The quantitative estimate of drug-likeness (QED) is 0.707. The number of imidazole rings is 1. The molecule has 1 aromatic carbocycles. The van der Waals surface area contributed by atoms with Crippen LogP contribution in [0.1, 0.15) is 31.5 Å². The molecule has 7 heteroatoms. The third-order valence-corrected chi connectivity index (χ3v) is 6.67. The molecule has 1 N–H and O–H groups in total. The van der Waals surface area contributed by atoms with Gasteiger partial charge in [0.15, 0.2) is 11.6 Å². The number of halogens is 2. The van der Waals surface area contributed by atoms with E-state index in [9.17, 15) is 13.6 Å². The van der Waals surface area contributed by atoms with Crippen molar-refractivity contribution in [3.05, 3.63) is 54.1 Å². The normalized spacial score (nSPS) is 26.3. The van der Waals surface area contributed by atoms with Crippen LogP contribution in [0.2, 0.25) is 0 Å². The van der Waals surface area contributed by atoms with Gasteiger partial charge >= 0.3 is 0 Å². The van der Waals surface area contributed by atoms with E-state index in [0.717, 1.165) is 30.3 Å². The van der Waals surface area contributed by atoms with Crippen LogP contribution < -0.4 is 5.32 Å². The third-order valence-electron chi connectivity index (χ3n) is 6.67. The minimum Gasteiger partial charge on any atom is -0.327 e. The van der Waals surface area contributed by atoms with Gasteiger partial charge in [0.25, 0.3) is 0 Å². The van der Waals surface area contributed by atoms with Gasteiger partial charge in [-0.25, -0.2) is 13.8 Å². The zero-order valence-electron chi connectivity index (χ0n) is 16.3. The van der Waals surface area contributed by atoms with E-state index in [0.29, 0.717) is 28.8 Å². The number of carbonyl (C=O) groups excluding carboxylic acids is 1. The summed E-state index contributed by atoms with van der Waals surface area (Å²) in [5.41, 5.74) is 2.73. The number of rotatable bonds is 4. The van der Waals surface area contributed by atoms with Crippen LogP contribution in [0.5, 0.6) is 0 Å². The first-order valence-electron chi connectivity index (χ1n) is 9.97. The van der Waals surface area contributed by atoms with Crippen LogP contribution in [0.15, 0.2) is 36.8 Å². The van der Waals surface area contributed by atoms with E-state index in [-0.39, 0.29) is 17.9 Å². The Balaban J connectivity index is 1.25. The molecule has 29 heavy (non-hydrogen) atoms. The second kappa shape index (κ2) is 6.61. The average Bonchev–Trinajstić information content (AvgIpc) is 3.02. The maximum atomic E-state index is 13.7. The molecule has 0 spiro atoms. The first-order chi connectivity index (χ1) is 13.9. The third kappa shape index (κ3) is 3.09. The second-order valence-corrected chi connectivity index (χ2v) is 8.40. The van der Waals surface area contributed by atoms with Crippen LogP contribution in [0, 0.1) is 42.2 Å². The summed E-state index contributed by atoms with van der Waals surface area (Å²) in [5.74, 6) is -0.430. The lowest BCUT2D eigenvalue weighted by molar-refractivity contribution is -0.120. The van der Waals surface area contributed by atoms with Crippen molar-refractivity contribution in [1.29, 1.82) is 0 Å². The van der Waals surface area contributed by atoms with Gasteiger partial charge in [0.1, 0.15) is 0 Å². The number of hydrogen-bond donors (Lipinski definition) is 1. The molecule has 3 aromatic rings. The van der Waals surface area contributed by atoms with Crippen LogP contribution in [0.25, 0.3) is 11.0 Å². The summed E-state index contributed by atoms with van der Waals surface area (Å²) in [6.07, 6.45) is 5.22. The Bertz CT molecular complexity index is 1080. The van der Waals surface area contributed by atoms with Gasteiger partial charge in [-0.1, -0.05) is 6.92 Å². The van der Waals surface area contributed by atoms with Gasteiger partial charge in [-0.15, -0.1) is 0 Å². The number of aromatic nitrogens is 3. The summed E-state index contributed by atoms with van der Waals surface area (Å²) in [4.78, 5) is 21.1. The molecule has 3 unspecified atom stereocenters. The van der Waals surface area contributed by atoms with E-state index < -0.39 is 11.6 Å². The molecular weight excluding hydrogens is 374 g/mol. The fourth-order valence-electron chi connectivity index (χ4n) is 5.12. The standard InChI is InChI=1S/C22H22F2N4O/c1-11-3-4-13(9-25-11)27-22(29)12(2)21-15-5-14(6-16(15)21)28-10-26-19-7-17(23)18(24)8-20(19)28/h3-4,7-10,12,14-16,21H,5-6H2,1-2H3,(H,27,29)/t12?,14?,15-,16+,21?. The van der Waals surface area contributed by atoms with Crippen molar-refractivity contribution in [3.8, 4) is 0 Å². The molecule has 0 saturated heterocycles. The lowest BCUT2D eigenvalue weighted by Gasteiger charge is -2.19. The average molecular weight is 396 g/mol. The summed E-state index contributed by atoms with van der Waals surface area (Å²) in [6.45, 7) is 3.89. The summed E-state index contributed by atoms with van der Waals surface area (Å²) in [7, 11) is 0. The fourth-order valence-corrected chi connectivity index (χ4v) is 5.12. The summed E-state index contributed by atoms with van der Waals surface area (Å²) in [6, 6.07) is 6.33. The molecule has 2 heterocycles. The largest absolute Gasteiger partial charge is 0.327 e. The molecule has 5 rings (SSSR count). The van der Waals surface area contributed by atoms with Crippen molar-refractivity contribution < 1.29 is 13.6 Å². The van der Waals surface area contributed by atoms with E-state index in [1.165, 1.54) is 6.07 Å². The number of hydrogen-bond acceptors (Lipinski definition) is 3. The maximum absolute atomic E-state index is 13.7.